The second kappa shape index (κ2) is 8.56. The lowest BCUT2D eigenvalue weighted by molar-refractivity contribution is 0.0937. The molecule has 1 saturated carbocycles. The number of carbonyl (C=O) groups excluding carboxylic acids is 1. The van der Waals surface area contributed by atoms with Crippen LogP contribution in [0.1, 0.15) is 41.6 Å². The van der Waals surface area contributed by atoms with Crippen molar-refractivity contribution in [2.75, 3.05) is 19.5 Å². The van der Waals surface area contributed by atoms with Gasteiger partial charge in [-0.1, -0.05) is 18.9 Å². The second-order valence-electron chi connectivity index (χ2n) is 6.46. The summed E-state index contributed by atoms with van der Waals surface area (Å²) in [5.41, 5.74) is 2.43. The van der Waals surface area contributed by atoms with Crippen molar-refractivity contribution in [2.24, 2.45) is 0 Å². The molecule has 0 spiro atoms. The van der Waals surface area contributed by atoms with Gasteiger partial charge in [-0.3, -0.25) is 9.78 Å². The molecule has 1 fully saturated rings. The van der Waals surface area contributed by atoms with Gasteiger partial charge in [-0.25, -0.2) is 0 Å². The maximum atomic E-state index is 12.4. The van der Waals surface area contributed by atoms with E-state index in [4.69, 9.17) is 9.47 Å². The van der Waals surface area contributed by atoms with Crippen molar-refractivity contribution in [3.8, 4) is 11.5 Å². The van der Waals surface area contributed by atoms with Gasteiger partial charge in [-0.05, 0) is 36.6 Å². The first-order valence-electron chi connectivity index (χ1n) is 8.90. The van der Waals surface area contributed by atoms with Gasteiger partial charge >= 0.3 is 0 Å². The summed E-state index contributed by atoms with van der Waals surface area (Å²) < 4.78 is 10.6. The SMILES string of the molecule is COc1ccc(CNc2cncc(C(=O)NC3CCCC3)c2)cc1OC. The Balaban J connectivity index is 1.62. The van der Waals surface area contributed by atoms with Crippen LogP contribution in [0.3, 0.4) is 0 Å². The van der Waals surface area contributed by atoms with Crippen LogP contribution < -0.4 is 20.1 Å². The van der Waals surface area contributed by atoms with Crippen molar-refractivity contribution in [2.45, 2.75) is 38.3 Å². The molecule has 26 heavy (non-hydrogen) atoms. The van der Waals surface area contributed by atoms with E-state index in [2.05, 4.69) is 15.6 Å². The van der Waals surface area contributed by atoms with Crippen LogP contribution in [0.15, 0.2) is 36.7 Å². The number of aromatic nitrogens is 1. The number of benzene rings is 1. The highest BCUT2D eigenvalue weighted by atomic mass is 16.5. The van der Waals surface area contributed by atoms with Gasteiger partial charge in [-0.15, -0.1) is 0 Å². The fraction of sp³-hybridized carbons (Fsp3) is 0.400. The zero-order chi connectivity index (χ0) is 18.4. The van der Waals surface area contributed by atoms with Gasteiger partial charge in [0.25, 0.3) is 5.91 Å². The Labute approximate surface area is 153 Å². The molecule has 0 unspecified atom stereocenters. The van der Waals surface area contributed by atoms with Crippen LogP contribution in [0.4, 0.5) is 5.69 Å². The van der Waals surface area contributed by atoms with Crippen LogP contribution in [0.25, 0.3) is 0 Å². The Hall–Kier alpha value is -2.76. The molecule has 1 aromatic carbocycles. The van der Waals surface area contributed by atoms with Crippen LogP contribution in [0.5, 0.6) is 11.5 Å². The van der Waals surface area contributed by atoms with Gasteiger partial charge in [0.1, 0.15) is 0 Å². The molecule has 0 radical (unpaired) electrons. The monoisotopic (exact) mass is 355 g/mol. The van der Waals surface area contributed by atoms with E-state index >= 15 is 0 Å². The Kier molecular flexibility index (Phi) is 5.94. The molecular weight excluding hydrogens is 330 g/mol. The van der Waals surface area contributed by atoms with Crippen LogP contribution in [-0.4, -0.2) is 31.2 Å². The number of hydrogen-bond acceptors (Lipinski definition) is 5. The number of rotatable bonds is 7. The summed E-state index contributed by atoms with van der Waals surface area (Å²) in [6, 6.07) is 7.90. The number of methoxy groups -OCH3 is 2. The first-order valence-corrected chi connectivity index (χ1v) is 8.90. The quantitative estimate of drug-likeness (QED) is 0.796. The van der Waals surface area contributed by atoms with Gasteiger partial charge in [0.05, 0.1) is 25.5 Å². The van der Waals surface area contributed by atoms with Crippen molar-refractivity contribution in [3.63, 3.8) is 0 Å². The lowest BCUT2D eigenvalue weighted by Gasteiger charge is -2.13. The Morgan fingerprint density at radius 3 is 2.62 bits per heavy atom. The topological polar surface area (TPSA) is 72.5 Å². The number of hydrogen-bond donors (Lipinski definition) is 2. The predicted molar refractivity (Wildman–Crippen MR) is 101 cm³/mol. The van der Waals surface area contributed by atoms with Crippen molar-refractivity contribution >= 4 is 11.6 Å². The van der Waals surface area contributed by atoms with E-state index < -0.39 is 0 Å². The van der Waals surface area contributed by atoms with Gasteiger partial charge < -0.3 is 20.1 Å². The first-order chi connectivity index (χ1) is 12.7. The third-order valence-electron chi connectivity index (χ3n) is 4.64. The molecule has 138 valence electrons. The average molecular weight is 355 g/mol. The molecule has 0 saturated heterocycles. The number of nitrogens with one attached hydrogen (secondary N) is 2. The number of carbonyl (C=O) groups is 1. The Morgan fingerprint density at radius 2 is 1.88 bits per heavy atom. The largest absolute Gasteiger partial charge is 0.493 e. The molecule has 0 aliphatic heterocycles. The zero-order valence-corrected chi connectivity index (χ0v) is 15.2. The van der Waals surface area contributed by atoms with Gasteiger partial charge in [0.2, 0.25) is 0 Å². The van der Waals surface area contributed by atoms with E-state index in [1.807, 2.05) is 24.3 Å². The van der Waals surface area contributed by atoms with Gasteiger partial charge in [0, 0.05) is 25.0 Å². The summed E-state index contributed by atoms with van der Waals surface area (Å²) in [5.74, 6) is 1.33. The van der Waals surface area contributed by atoms with Crippen molar-refractivity contribution in [1.29, 1.82) is 0 Å². The highest BCUT2D eigenvalue weighted by Gasteiger charge is 2.18. The smallest absolute Gasteiger partial charge is 0.253 e. The summed E-state index contributed by atoms with van der Waals surface area (Å²) in [7, 11) is 3.23. The summed E-state index contributed by atoms with van der Waals surface area (Å²) in [6.07, 6.45) is 7.83. The molecule has 1 heterocycles. The molecule has 0 atom stereocenters. The van der Waals surface area contributed by atoms with E-state index in [1.54, 1.807) is 26.6 Å². The lowest BCUT2D eigenvalue weighted by atomic mass is 10.2. The van der Waals surface area contributed by atoms with E-state index in [1.165, 1.54) is 12.8 Å². The Morgan fingerprint density at radius 1 is 1.12 bits per heavy atom. The van der Waals surface area contributed by atoms with Crippen LogP contribution >= 0.6 is 0 Å². The molecular formula is C20H25N3O3. The number of ether oxygens (including phenoxy) is 2. The maximum absolute atomic E-state index is 12.4. The van der Waals surface area contributed by atoms with Crippen molar-refractivity contribution < 1.29 is 14.3 Å². The highest BCUT2D eigenvalue weighted by Crippen LogP contribution is 2.27. The van der Waals surface area contributed by atoms with Crippen molar-refractivity contribution in [3.05, 3.63) is 47.8 Å². The standard InChI is InChI=1S/C20H25N3O3/c1-25-18-8-7-14(9-19(18)26-2)11-22-17-10-15(12-21-13-17)20(24)23-16-5-3-4-6-16/h7-10,12-13,16,22H,3-6,11H2,1-2H3,(H,23,24). The van der Waals surface area contributed by atoms with E-state index in [-0.39, 0.29) is 5.91 Å². The fourth-order valence-electron chi connectivity index (χ4n) is 3.19. The molecule has 2 aromatic rings. The first kappa shape index (κ1) is 18.0. The van der Waals surface area contributed by atoms with Crippen molar-refractivity contribution in [1.82, 2.24) is 10.3 Å². The molecule has 3 rings (SSSR count). The predicted octanol–water partition coefficient (Wildman–Crippen LogP) is 3.38. The normalized spacial score (nSPS) is 14.1. The maximum Gasteiger partial charge on any atom is 0.253 e. The molecule has 2 N–H and O–H groups in total. The third-order valence-corrected chi connectivity index (χ3v) is 4.64. The van der Waals surface area contributed by atoms with E-state index in [9.17, 15) is 4.79 Å². The molecule has 0 bridgehead atoms. The zero-order valence-electron chi connectivity index (χ0n) is 15.2. The minimum absolute atomic E-state index is 0.0563. The molecule has 1 aliphatic rings. The van der Waals surface area contributed by atoms with Crippen LogP contribution in [-0.2, 0) is 6.54 Å². The second-order valence-corrected chi connectivity index (χ2v) is 6.46. The highest BCUT2D eigenvalue weighted by molar-refractivity contribution is 5.94. The lowest BCUT2D eigenvalue weighted by Crippen LogP contribution is -2.32. The van der Waals surface area contributed by atoms with E-state index in [0.717, 1.165) is 24.1 Å². The number of pyridine rings is 1. The van der Waals surface area contributed by atoms with Crippen LogP contribution in [0, 0.1) is 0 Å². The summed E-state index contributed by atoms with van der Waals surface area (Å²) >= 11 is 0. The molecule has 1 amide bonds. The van der Waals surface area contributed by atoms with E-state index in [0.29, 0.717) is 29.6 Å². The summed E-state index contributed by atoms with van der Waals surface area (Å²) in [4.78, 5) is 16.6. The minimum Gasteiger partial charge on any atom is -0.493 e. The van der Waals surface area contributed by atoms with Gasteiger partial charge in [-0.2, -0.15) is 0 Å². The van der Waals surface area contributed by atoms with Gasteiger partial charge in [0.15, 0.2) is 11.5 Å². The molecule has 1 aliphatic carbocycles. The number of anilines is 1. The molecule has 6 nitrogen and oxygen atoms in total. The third kappa shape index (κ3) is 4.45. The minimum atomic E-state index is -0.0563. The Bertz CT molecular complexity index is 758. The molecule has 1 aromatic heterocycles. The summed E-state index contributed by atoms with van der Waals surface area (Å²) in [6.45, 7) is 0.593. The molecule has 6 heteroatoms. The average Bonchev–Trinajstić information content (AvgIpc) is 3.19. The fourth-order valence-corrected chi connectivity index (χ4v) is 3.19. The number of nitrogens with zero attached hydrogens (tertiary/aromatic N) is 1. The number of amides is 1. The summed E-state index contributed by atoms with van der Waals surface area (Å²) in [5, 5.41) is 6.39. The van der Waals surface area contributed by atoms with Crippen LogP contribution in [0.2, 0.25) is 0 Å².